The Kier molecular flexibility index (Phi) is 2.82. The Hall–Kier alpha value is -1.35. The van der Waals surface area contributed by atoms with Gasteiger partial charge >= 0.3 is 0 Å². The molecule has 0 saturated heterocycles. The molecule has 0 spiro atoms. The van der Waals surface area contributed by atoms with Crippen LogP contribution in [-0.2, 0) is 0 Å². The number of halogens is 1. The van der Waals surface area contributed by atoms with Gasteiger partial charge < -0.3 is 10.8 Å². The Bertz CT molecular complexity index is 296. The summed E-state index contributed by atoms with van der Waals surface area (Å²) in [4.78, 5) is 0. The SMILES string of the molecule is NC/C(=C\F)c1cccc(O)c1. The first-order valence-electron chi connectivity index (χ1n) is 3.56. The van der Waals surface area contributed by atoms with E-state index in [0.717, 1.165) is 0 Å². The van der Waals surface area contributed by atoms with Gasteiger partial charge in [-0.25, -0.2) is 4.39 Å². The molecule has 0 bridgehead atoms. The third-order valence-corrected chi connectivity index (χ3v) is 1.57. The number of hydrogen-bond donors (Lipinski definition) is 2. The maximum atomic E-state index is 12.2. The van der Waals surface area contributed by atoms with Gasteiger partial charge in [-0.1, -0.05) is 12.1 Å². The van der Waals surface area contributed by atoms with Crippen molar-refractivity contribution in [1.82, 2.24) is 0 Å². The van der Waals surface area contributed by atoms with Gasteiger partial charge in [0.05, 0.1) is 6.33 Å². The summed E-state index contributed by atoms with van der Waals surface area (Å²) in [5, 5.41) is 9.06. The summed E-state index contributed by atoms with van der Waals surface area (Å²) >= 11 is 0. The lowest BCUT2D eigenvalue weighted by molar-refractivity contribution is 0.475. The lowest BCUT2D eigenvalue weighted by atomic mass is 10.1. The van der Waals surface area contributed by atoms with Crippen LogP contribution in [0, 0.1) is 0 Å². The Morgan fingerprint density at radius 2 is 2.33 bits per heavy atom. The summed E-state index contributed by atoms with van der Waals surface area (Å²) in [6.07, 6.45) is 0.453. The number of rotatable bonds is 2. The van der Waals surface area contributed by atoms with Gasteiger partial charge in [0.15, 0.2) is 0 Å². The topological polar surface area (TPSA) is 46.2 Å². The van der Waals surface area contributed by atoms with E-state index in [1.165, 1.54) is 12.1 Å². The largest absolute Gasteiger partial charge is 0.508 e. The average molecular weight is 167 g/mol. The first-order valence-corrected chi connectivity index (χ1v) is 3.56. The van der Waals surface area contributed by atoms with E-state index >= 15 is 0 Å². The molecule has 12 heavy (non-hydrogen) atoms. The molecular formula is C9H10FNO. The molecule has 0 aliphatic rings. The molecule has 1 aromatic rings. The molecule has 0 fully saturated rings. The normalized spacial score (nSPS) is 11.7. The van der Waals surface area contributed by atoms with Crippen LogP contribution in [0.4, 0.5) is 4.39 Å². The second-order valence-electron chi connectivity index (χ2n) is 2.39. The predicted octanol–water partition coefficient (Wildman–Crippen LogP) is 1.66. The molecule has 1 rings (SSSR count). The third-order valence-electron chi connectivity index (χ3n) is 1.57. The lowest BCUT2D eigenvalue weighted by Crippen LogP contribution is -2.01. The Morgan fingerprint density at radius 1 is 1.58 bits per heavy atom. The molecule has 64 valence electrons. The zero-order valence-electron chi connectivity index (χ0n) is 6.50. The van der Waals surface area contributed by atoms with Crippen molar-refractivity contribution in [3.63, 3.8) is 0 Å². The first kappa shape index (κ1) is 8.74. The summed E-state index contributed by atoms with van der Waals surface area (Å²) < 4.78 is 12.2. The van der Waals surface area contributed by atoms with Crippen LogP contribution in [0.1, 0.15) is 5.56 Å². The van der Waals surface area contributed by atoms with Crippen LogP contribution in [0.5, 0.6) is 5.75 Å². The van der Waals surface area contributed by atoms with E-state index in [0.29, 0.717) is 17.5 Å². The minimum absolute atomic E-state index is 0.111. The number of phenolic OH excluding ortho intramolecular Hbond substituents is 1. The van der Waals surface area contributed by atoms with E-state index in [2.05, 4.69) is 0 Å². The van der Waals surface area contributed by atoms with E-state index < -0.39 is 0 Å². The standard InChI is InChI=1S/C9H10FNO/c10-5-8(6-11)7-2-1-3-9(12)4-7/h1-5,12H,6,11H2/b8-5+. The molecule has 1 aromatic carbocycles. The van der Waals surface area contributed by atoms with Crippen LogP contribution in [-0.4, -0.2) is 11.7 Å². The molecule has 0 aromatic heterocycles. The van der Waals surface area contributed by atoms with Gasteiger partial charge in [-0.2, -0.15) is 0 Å². The third kappa shape index (κ3) is 1.83. The maximum absolute atomic E-state index is 12.2. The molecule has 0 heterocycles. The number of benzene rings is 1. The van der Waals surface area contributed by atoms with Crippen molar-refractivity contribution in [3.8, 4) is 5.75 Å². The minimum Gasteiger partial charge on any atom is -0.508 e. The van der Waals surface area contributed by atoms with Crippen molar-refractivity contribution in [2.75, 3.05) is 6.54 Å². The number of aromatic hydroxyl groups is 1. The second-order valence-corrected chi connectivity index (χ2v) is 2.39. The molecule has 0 saturated carbocycles. The lowest BCUT2D eigenvalue weighted by Gasteiger charge is -2.02. The quantitative estimate of drug-likeness (QED) is 0.703. The van der Waals surface area contributed by atoms with Gasteiger partial charge in [-0.05, 0) is 17.7 Å². The van der Waals surface area contributed by atoms with Gasteiger partial charge in [0, 0.05) is 12.1 Å². The van der Waals surface area contributed by atoms with Crippen LogP contribution in [0.25, 0.3) is 5.57 Å². The Labute approximate surface area is 70.1 Å². The van der Waals surface area contributed by atoms with Crippen molar-refractivity contribution in [2.24, 2.45) is 5.73 Å². The molecule has 0 aliphatic carbocycles. The zero-order valence-corrected chi connectivity index (χ0v) is 6.50. The van der Waals surface area contributed by atoms with Crippen LogP contribution >= 0.6 is 0 Å². The molecule has 0 aliphatic heterocycles. The summed E-state index contributed by atoms with van der Waals surface area (Å²) in [7, 11) is 0. The Morgan fingerprint density at radius 3 is 2.83 bits per heavy atom. The van der Waals surface area contributed by atoms with Gasteiger partial charge in [-0.15, -0.1) is 0 Å². The van der Waals surface area contributed by atoms with Crippen molar-refractivity contribution < 1.29 is 9.50 Å². The van der Waals surface area contributed by atoms with Crippen LogP contribution in [0.2, 0.25) is 0 Å². The number of phenols is 1. The van der Waals surface area contributed by atoms with Gasteiger partial charge in [0.1, 0.15) is 5.75 Å². The van der Waals surface area contributed by atoms with E-state index in [9.17, 15) is 4.39 Å². The van der Waals surface area contributed by atoms with Gasteiger partial charge in [0.2, 0.25) is 0 Å². The second kappa shape index (κ2) is 3.88. The highest BCUT2D eigenvalue weighted by Crippen LogP contribution is 2.18. The fourth-order valence-corrected chi connectivity index (χ4v) is 0.931. The summed E-state index contributed by atoms with van der Waals surface area (Å²) in [5.41, 5.74) is 6.27. The van der Waals surface area contributed by atoms with Crippen molar-refractivity contribution in [1.29, 1.82) is 0 Å². The van der Waals surface area contributed by atoms with Gasteiger partial charge in [0.25, 0.3) is 0 Å². The molecule has 2 nitrogen and oxygen atoms in total. The molecule has 0 amide bonds. The molecule has 3 heteroatoms. The van der Waals surface area contributed by atoms with Crippen LogP contribution in [0.3, 0.4) is 0 Å². The molecule has 0 atom stereocenters. The summed E-state index contributed by atoms with van der Waals surface area (Å²) in [6.45, 7) is 0.125. The van der Waals surface area contributed by atoms with Crippen molar-refractivity contribution in [3.05, 3.63) is 36.2 Å². The predicted molar refractivity (Wildman–Crippen MR) is 46.2 cm³/mol. The minimum atomic E-state index is 0.111. The maximum Gasteiger partial charge on any atom is 0.116 e. The van der Waals surface area contributed by atoms with Crippen molar-refractivity contribution >= 4 is 5.57 Å². The number of hydrogen-bond acceptors (Lipinski definition) is 2. The highest BCUT2D eigenvalue weighted by atomic mass is 19.1. The van der Waals surface area contributed by atoms with Crippen LogP contribution in [0.15, 0.2) is 30.6 Å². The van der Waals surface area contributed by atoms with Gasteiger partial charge in [-0.3, -0.25) is 0 Å². The fourth-order valence-electron chi connectivity index (χ4n) is 0.931. The molecule has 3 N–H and O–H groups in total. The van der Waals surface area contributed by atoms with E-state index in [1.807, 2.05) is 0 Å². The highest BCUT2D eigenvalue weighted by molar-refractivity contribution is 5.66. The summed E-state index contributed by atoms with van der Waals surface area (Å²) in [5.74, 6) is 0.111. The monoisotopic (exact) mass is 167 g/mol. The van der Waals surface area contributed by atoms with E-state index in [4.69, 9.17) is 10.8 Å². The molecule has 0 unspecified atom stereocenters. The summed E-state index contributed by atoms with van der Waals surface area (Å²) in [6, 6.07) is 6.33. The zero-order chi connectivity index (χ0) is 8.97. The van der Waals surface area contributed by atoms with Crippen molar-refractivity contribution in [2.45, 2.75) is 0 Å². The number of nitrogens with two attached hydrogens (primary N) is 1. The first-order chi connectivity index (χ1) is 5.77. The highest BCUT2D eigenvalue weighted by Gasteiger charge is 1.99. The molecule has 0 radical (unpaired) electrons. The Balaban J connectivity index is 3.02. The van der Waals surface area contributed by atoms with E-state index in [1.54, 1.807) is 12.1 Å². The van der Waals surface area contributed by atoms with Crippen LogP contribution < -0.4 is 5.73 Å². The fraction of sp³-hybridized carbons (Fsp3) is 0.111. The molecular weight excluding hydrogens is 157 g/mol. The average Bonchev–Trinajstić information content (AvgIpc) is 2.07. The van der Waals surface area contributed by atoms with E-state index in [-0.39, 0.29) is 12.3 Å². The smallest absolute Gasteiger partial charge is 0.116 e.